The zero-order valence-corrected chi connectivity index (χ0v) is 14.2. The molecule has 142 valence electrons. The Kier molecular flexibility index (Phi) is 5.12. The third kappa shape index (κ3) is 4.01. The molecule has 5 nitrogen and oxygen atoms in total. The second-order valence-corrected chi connectivity index (χ2v) is 5.80. The van der Waals surface area contributed by atoms with Crippen LogP contribution in [0.1, 0.15) is 11.1 Å². The quantitative estimate of drug-likeness (QED) is 0.642. The lowest BCUT2D eigenvalue weighted by Crippen LogP contribution is -2.54. The van der Waals surface area contributed by atoms with Crippen LogP contribution in [0.25, 0.3) is 6.08 Å². The fraction of sp³-hybridized carbons (Fsp3) is 0.0500. The first kappa shape index (κ1) is 19.1. The molecule has 0 spiro atoms. The molecular formula is C20H13F3N2O3. The lowest BCUT2D eigenvalue weighted by molar-refractivity contribution is -0.137. The summed E-state index contributed by atoms with van der Waals surface area (Å²) in [6.07, 6.45) is -0.350. The predicted molar refractivity (Wildman–Crippen MR) is 96.0 cm³/mol. The van der Waals surface area contributed by atoms with Gasteiger partial charge in [-0.1, -0.05) is 48.6 Å². The van der Waals surface area contributed by atoms with E-state index in [0.717, 1.165) is 17.7 Å². The van der Waals surface area contributed by atoms with E-state index in [4.69, 9.17) is 0 Å². The molecule has 0 bridgehead atoms. The van der Waals surface area contributed by atoms with Crippen molar-refractivity contribution in [1.29, 1.82) is 0 Å². The van der Waals surface area contributed by atoms with Gasteiger partial charge < -0.3 is 0 Å². The molecule has 2 aromatic carbocycles. The molecule has 1 aliphatic heterocycles. The number of hydrogen-bond donors (Lipinski definition) is 1. The van der Waals surface area contributed by atoms with Gasteiger partial charge in [0.1, 0.15) is 5.57 Å². The van der Waals surface area contributed by atoms with E-state index in [-0.39, 0.29) is 11.3 Å². The zero-order chi connectivity index (χ0) is 20.3. The molecule has 1 heterocycles. The van der Waals surface area contributed by atoms with E-state index >= 15 is 0 Å². The van der Waals surface area contributed by atoms with Crippen LogP contribution >= 0.6 is 0 Å². The SMILES string of the molecule is O=C1NC(=O)N(c2cccc(C(F)(F)F)c2)C(=O)/C1=C/C=C/c1ccccc1. The Labute approximate surface area is 157 Å². The third-order valence-electron chi connectivity index (χ3n) is 3.88. The maximum atomic E-state index is 12.9. The summed E-state index contributed by atoms with van der Waals surface area (Å²) < 4.78 is 38.8. The molecule has 0 aliphatic carbocycles. The molecule has 4 amide bonds. The number of hydrogen-bond acceptors (Lipinski definition) is 3. The molecule has 8 heteroatoms. The Balaban J connectivity index is 1.92. The normalized spacial score (nSPS) is 16.8. The van der Waals surface area contributed by atoms with Crippen LogP contribution in [-0.4, -0.2) is 17.8 Å². The van der Waals surface area contributed by atoms with Crippen LogP contribution in [0, 0.1) is 0 Å². The highest BCUT2D eigenvalue weighted by Gasteiger charge is 2.38. The summed E-state index contributed by atoms with van der Waals surface area (Å²) in [5.74, 6) is -1.93. The molecule has 0 radical (unpaired) electrons. The number of benzene rings is 2. The van der Waals surface area contributed by atoms with Gasteiger partial charge in [-0.25, -0.2) is 9.69 Å². The summed E-state index contributed by atoms with van der Waals surface area (Å²) >= 11 is 0. The summed E-state index contributed by atoms with van der Waals surface area (Å²) in [4.78, 5) is 37.2. The van der Waals surface area contributed by atoms with E-state index in [1.165, 1.54) is 18.2 Å². The Morgan fingerprint density at radius 1 is 0.929 bits per heavy atom. The predicted octanol–water partition coefficient (Wildman–Crippen LogP) is 3.93. The molecule has 0 aromatic heterocycles. The summed E-state index contributed by atoms with van der Waals surface area (Å²) in [7, 11) is 0. The largest absolute Gasteiger partial charge is 0.416 e. The first-order valence-electron chi connectivity index (χ1n) is 8.08. The van der Waals surface area contributed by atoms with Gasteiger partial charge in [0.25, 0.3) is 11.8 Å². The molecule has 1 N–H and O–H groups in total. The van der Waals surface area contributed by atoms with E-state index in [9.17, 15) is 27.6 Å². The molecule has 0 saturated carbocycles. The lowest BCUT2D eigenvalue weighted by Gasteiger charge is -2.26. The van der Waals surface area contributed by atoms with E-state index in [0.29, 0.717) is 11.0 Å². The number of halogens is 3. The van der Waals surface area contributed by atoms with Crippen LogP contribution in [0.5, 0.6) is 0 Å². The number of nitrogens with one attached hydrogen (secondary N) is 1. The summed E-state index contributed by atoms with van der Waals surface area (Å²) in [6.45, 7) is 0. The second kappa shape index (κ2) is 7.51. The van der Waals surface area contributed by atoms with Gasteiger partial charge in [0.15, 0.2) is 0 Å². The average molecular weight is 386 g/mol. The molecule has 0 atom stereocenters. The Bertz CT molecular complexity index is 995. The molecule has 3 rings (SSSR count). The van der Waals surface area contributed by atoms with Gasteiger partial charge in [-0.2, -0.15) is 13.2 Å². The van der Waals surface area contributed by atoms with Crippen LogP contribution in [0.15, 0.2) is 72.3 Å². The van der Waals surface area contributed by atoms with Crippen molar-refractivity contribution < 1.29 is 27.6 Å². The molecule has 0 unspecified atom stereocenters. The fourth-order valence-corrected chi connectivity index (χ4v) is 2.55. The number of urea groups is 1. The first-order valence-corrected chi connectivity index (χ1v) is 8.08. The maximum Gasteiger partial charge on any atom is 0.416 e. The number of allylic oxidation sites excluding steroid dienone is 2. The van der Waals surface area contributed by atoms with Gasteiger partial charge >= 0.3 is 12.2 Å². The number of nitrogens with zero attached hydrogens (tertiary/aromatic N) is 1. The van der Waals surface area contributed by atoms with Gasteiger partial charge in [0.05, 0.1) is 11.3 Å². The molecule has 1 fully saturated rings. The van der Waals surface area contributed by atoms with Crippen molar-refractivity contribution >= 4 is 29.6 Å². The smallest absolute Gasteiger partial charge is 0.273 e. The summed E-state index contributed by atoms with van der Waals surface area (Å²) in [5.41, 5.74) is -0.863. The third-order valence-corrected chi connectivity index (χ3v) is 3.88. The molecular weight excluding hydrogens is 373 g/mol. The molecule has 28 heavy (non-hydrogen) atoms. The minimum Gasteiger partial charge on any atom is -0.273 e. The van der Waals surface area contributed by atoms with Crippen molar-refractivity contribution in [2.45, 2.75) is 6.18 Å². The summed E-state index contributed by atoms with van der Waals surface area (Å²) in [5, 5.41) is 1.96. The number of anilines is 1. The van der Waals surface area contributed by atoms with Crippen LogP contribution in [0.2, 0.25) is 0 Å². The Morgan fingerprint density at radius 3 is 2.32 bits per heavy atom. The topological polar surface area (TPSA) is 66.5 Å². The molecule has 2 aromatic rings. The number of rotatable bonds is 3. The number of imide groups is 2. The van der Waals surface area contributed by atoms with E-state index in [1.807, 2.05) is 11.4 Å². The number of amides is 4. The highest BCUT2D eigenvalue weighted by Crippen LogP contribution is 2.32. The molecule has 1 aliphatic rings. The minimum absolute atomic E-state index is 0.289. The van der Waals surface area contributed by atoms with Gasteiger partial charge in [0.2, 0.25) is 0 Å². The van der Waals surface area contributed by atoms with Crippen LogP contribution in [0.4, 0.5) is 23.7 Å². The van der Waals surface area contributed by atoms with Crippen LogP contribution in [0.3, 0.4) is 0 Å². The van der Waals surface area contributed by atoms with E-state index in [2.05, 4.69) is 0 Å². The van der Waals surface area contributed by atoms with Crippen molar-refractivity contribution in [2.75, 3.05) is 4.90 Å². The zero-order valence-electron chi connectivity index (χ0n) is 14.2. The van der Waals surface area contributed by atoms with Gasteiger partial charge in [0, 0.05) is 0 Å². The lowest BCUT2D eigenvalue weighted by atomic mass is 10.1. The van der Waals surface area contributed by atoms with E-state index in [1.54, 1.807) is 30.3 Å². The number of carbonyl (C=O) groups excluding carboxylic acids is 3. The standard InChI is InChI=1S/C20H13F3N2O3/c21-20(22,23)14-9-5-10-15(12-14)25-18(27)16(17(26)24-19(25)28)11-4-8-13-6-2-1-3-7-13/h1-12H,(H,24,26,28)/b8-4+,16-11+. The van der Waals surface area contributed by atoms with Crippen molar-refractivity contribution in [3.05, 3.63) is 83.4 Å². The van der Waals surface area contributed by atoms with Crippen molar-refractivity contribution in [3.63, 3.8) is 0 Å². The van der Waals surface area contributed by atoms with Gasteiger partial charge in [-0.05, 0) is 29.8 Å². The van der Waals surface area contributed by atoms with Crippen LogP contribution < -0.4 is 10.2 Å². The number of barbiturate groups is 1. The summed E-state index contributed by atoms with van der Waals surface area (Å²) in [6, 6.07) is 11.7. The highest BCUT2D eigenvalue weighted by molar-refractivity contribution is 6.37. The van der Waals surface area contributed by atoms with E-state index < -0.39 is 29.6 Å². The second-order valence-electron chi connectivity index (χ2n) is 5.80. The monoisotopic (exact) mass is 386 g/mol. The van der Waals surface area contributed by atoms with Crippen molar-refractivity contribution in [3.8, 4) is 0 Å². The highest BCUT2D eigenvalue weighted by atomic mass is 19.4. The Morgan fingerprint density at radius 2 is 1.64 bits per heavy atom. The number of carbonyl (C=O) groups is 3. The van der Waals surface area contributed by atoms with Crippen molar-refractivity contribution in [2.24, 2.45) is 0 Å². The Hall–Kier alpha value is -3.68. The van der Waals surface area contributed by atoms with Gasteiger partial charge in [-0.3, -0.25) is 14.9 Å². The van der Waals surface area contributed by atoms with Crippen molar-refractivity contribution in [1.82, 2.24) is 5.32 Å². The average Bonchev–Trinajstić information content (AvgIpc) is 2.64. The van der Waals surface area contributed by atoms with Gasteiger partial charge in [-0.15, -0.1) is 0 Å². The fourth-order valence-electron chi connectivity index (χ4n) is 2.55. The maximum absolute atomic E-state index is 12.9. The van der Waals surface area contributed by atoms with Crippen LogP contribution in [-0.2, 0) is 15.8 Å². The molecule has 1 saturated heterocycles. The minimum atomic E-state index is -4.64. The first-order chi connectivity index (χ1) is 13.3. The number of alkyl halides is 3.